The van der Waals surface area contributed by atoms with Crippen LogP contribution in [-0.2, 0) is 13.5 Å². The third-order valence-corrected chi connectivity index (χ3v) is 2.46. The average Bonchev–Trinajstić information content (AvgIpc) is 2.48. The van der Waals surface area contributed by atoms with Crippen LogP contribution in [0.25, 0.3) is 0 Å². The monoisotopic (exact) mass is 224 g/mol. The van der Waals surface area contributed by atoms with Crippen molar-refractivity contribution in [2.45, 2.75) is 46.6 Å². The molecule has 92 valence electrons. The highest BCUT2D eigenvalue weighted by Crippen LogP contribution is 2.22. The van der Waals surface area contributed by atoms with E-state index in [1.165, 1.54) is 0 Å². The Bertz CT molecular complexity index is 311. The highest BCUT2D eigenvalue weighted by molar-refractivity contribution is 4.96. The molecule has 1 heterocycles. The fraction of sp³-hybridized carbons (Fsp3) is 0.833. The normalized spacial score (nSPS) is 14.1. The minimum atomic E-state index is 0.342. The van der Waals surface area contributed by atoms with E-state index in [0.717, 1.165) is 25.1 Å². The van der Waals surface area contributed by atoms with Crippen molar-refractivity contribution in [1.29, 1.82) is 0 Å². The molecule has 16 heavy (non-hydrogen) atoms. The van der Waals surface area contributed by atoms with Crippen molar-refractivity contribution < 1.29 is 0 Å². The molecule has 1 atom stereocenters. The zero-order chi connectivity index (χ0) is 12.2. The van der Waals surface area contributed by atoms with Crippen LogP contribution in [0.4, 0.5) is 0 Å². The van der Waals surface area contributed by atoms with E-state index in [2.05, 4.69) is 43.3 Å². The molecule has 1 unspecified atom stereocenters. The Morgan fingerprint density at radius 1 is 1.44 bits per heavy atom. The molecule has 0 saturated heterocycles. The second-order valence-electron chi connectivity index (χ2n) is 5.61. The predicted molar refractivity (Wildman–Crippen MR) is 66.2 cm³/mol. The number of hydrogen-bond acceptors (Lipinski definition) is 3. The smallest absolute Gasteiger partial charge is 0.0842 e. The molecule has 0 aromatic carbocycles. The summed E-state index contributed by atoms with van der Waals surface area (Å²) in [6.45, 7) is 9.96. The van der Waals surface area contributed by atoms with Gasteiger partial charge in [0.25, 0.3) is 0 Å². The van der Waals surface area contributed by atoms with E-state index in [4.69, 9.17) is 0 Å². The van der Waals surface area contributed by atoms with Gasteiger partial charge < -0.3 is 5.32 Å². The van der Waals surface area contributed by atoms with Crippen molar-refractivity contribution in [2.75, 3.05) is 6.54 Å². The molecule has 4 heteroatoms. The summed E-state index contributed by atoms with van der Waals surface area (Å²) in [5.41, 5.74) is 1.41. The molecule has 4 nitrogen and oxygen atoms in total. The minimum Gasteiger partial charge on any atom is -0.314 e. The number of nitrogens with one attached hydrogen (secondary N) is 1. The number of hydrogen-bond donors (Lipinski definition) is 1. The van der Waals surface area contributed by atoms with E-state index in [1.54, 1.807) is 4.68 Å². The molecule has 0 saturated carbocycles. The summed E-state index contributed by atoms with van der Waals surface area (Å²) in [5, 5.41) is 11.6. The lowest BCUT2D eigenvalue weighted by Gasteiger charge is -2.26. The largest absolute Gasteiger partial charge is 0.314 e. The first-order valence-corrected chi connectivity index (χ1v) is 5.99. The number of rotatable bonds is 5. The Morgan fingerprint density at radius 2 is 2.12 bits per heavy atom. The molecule has 1 rings (SSSR count). The third kappa shape index (κ3) is 4.75. The Hall–Kier alpha value is -0.900. The van der Waals surface area contributed by atoms with Gasteiger partial charge in [0, 0.05) is 25.7 Å². The van der Waals surface area contributed by atoms with E-state index >= 15 is 0 Å². The van der Waals surface area contributed by atoms with Crippen molar-refractivity contribution >= 4 is 0 Å². The zero-order valence-electron chi connectivity index (χ0n) is 11.1. The molecule has 0 spiro atoms. The molecule has 1 N–H and O–H groups in total. The first-order chi connectivity index (χ1) is 7.40. The van der Waals surface area contributed by atoms with Gasteiger partial charge in [0.2, 0.25) is 0 Å². The van der Waals surface area contributed by atoms with Gasteiger partial charge in [-0.3, -0.25) is 4.68 Å². The molecule has 0 aliphatic carbocycles. The number of aromatic nitrogens is 3. The fourth-order valence-corrected chi connectivity index (χ4v) is 1.99. The van der Waals surface area contributed by atoms with Crippen LogP contribution < -0.4 is 5.32 Å². The summed E-state index contributed by atoms with van der Waals surface area (Å²) in [6.07, 6.45) is 4.10. The second-order valence-corrected chi connectivity index (χ2v) is 5.61. The molecule has 1 aromatic rings. The maximum Gasteiger partial charge on any atom is 0.0842 e. The fourth-order valence-electron chi connectivity index (χ4n) is 1.99. The van der Waals surface area contributed by atoms with Gasteiger partial charge >= 0.3 is 0 Å². The SMILES string of the molecule is CCNC(Cc1cn(C)nn1)CC(C)(C)C. The number of aryl methyl sites for hydroxylation is 1. The van der Waals surface area contributed by atoms with Crippen LogP contribution in [0, 0.1) is 5.41 Å². The van der Waals surface area contributed by atoms with Gasteiger partial charge in [0.15, 0.2) is 0 Å². The third-order valence-electron chi connectivity index (χ3n) is 2.46. The molecule has 0 aliphatic rings. The molecule has 0 aliphatic heterocycles. The predicted octanol–water partition coefficient (Wildman–Crippen LogP) is 1.77. The van der Waals surface area contributed by atoms with E-state index in [1.807, 2.05) is 13.2 Å². The number of likely N-dealkylation sites (N-methyl/N-ethyl adjacent to an activating group) is 1. The van der Waals surface area contributed by atoms with Gasteiger partial charge in [-0.05, 0) is 18.4 Å². The summed E-state index contributed by atoms with van der Waals surface area (Å²) < 4.78 is 1.76. The highest BCUT2D eigenvalue weighted by Gasteiger charge is 2.19. The van der Waals surface area contributed by atoms with Crippen molar-refractivity contribution in [1.82, 2.24) is 20.3 Å². The molecular weight excluding hydrogens is 200 g/mol. The Kier molecular flexibility index (Phi) is 4.47. The van der Waals surface area contributed by atoms with Gasteiger partial charge in [-0.15, -0.1) is 5.10 Å². The van der Waals surface area contributed by atoms with Gasteiger partial charge in [-0.2, -0.15) is 0 Å². The Morgan fingerprint density at radius 3 is 2.56 bits per heavy atom. The zero-order valence-corrected chi connectivity index (χ0v) is 11.1. The lowest BCUT2D eigenvalue weighted by Crippen LogP contribution is -2.34. The van der Waals surface area contributed by atoms with E-state index in [-0.39, 0.29) is 0 Å². The van der Waals surface area contributed by atoms with E-state index < -0.39 is 0 Å². The topological polar surface area (TPSA) is 42.7 Å². The van der Waals surface area contributed by atoms with Crippen LogP contribution >= 0.6 is 0 Å². The van der Waals surface area contributed by atoms with Crippen LogP contribution in [0.15, 0.2) is 6.20 Å². The van der Waals surface area contributed by atoms with Crippen molar-refractivity contribution in [2.24, 2.45) is 12.5 Å². The summed E-state index contributed by atoms with van der Waals surface area (Å²) in [4.78, 5) is 0. The standard InChI is InChI=1S/C12H24N4/c1-6-13-10(8-12(2,3)4)7-11-9-16(5)15-14-11/h9-10,13H,6-8H2,1-5H3. The molecule has 0 fully saturated rings. The van der Waals surface area contributed by atoms with Gasteiger partial charge in [0.1, 0.15) is 0 Å². The maximum atomic E-state index is 4.14. The van der Waals surface area contributed by atoms with Crippen molar-refractivity contribution in [3.63, 3.8) is 0 Å². The molecule has 0 bridgehead atoms. The van der Waals surface area contributed by atoms with Crippen molar-refractivity contribution in [3.8, 4) is 0 Å². The van der Waals surface area contributed by atoms with Crippen LogP contribution in [0.1, 0.15) is 39.8 Å². The lowest BCUT2D eigenvalue weighted by atomic mass is 9.86. The Labute approximate surface area is 98.4 Å². The lowest BCUT2D eigenvalue weighted by molar-refractivity contribution is 0.308. The van der Waals surface area contributed by atoms with E-state index in [9.17, 15) is 0 Å². The van der Waals surface area contributed by atoms with Crippen LogP contribution in [-0.4, -0.2) is 27.6 Å². The first-order valence-electron chi connectivity index (χ1n) is 5.99. The average molecular weight is 224 g/mol. The quantitative estimate of drug-likeness (QED) is 0.829. The van der Waals surface area contributed by atoms with E-state index in [0.29, 0.717) is 11.5 Å². The van der Waals surface area contributed by atoms with Gasteiger partial charge in [-0.25, -0.2) is 0 Å². The molecule has 1 aromatic heterocycles. The van der Waals surface area contributed by atoms with Crippen molar-refractivity contribution in [3.05, 3.63) is 11.9 Å². The summed E-state index contributed by atoms with van der Waals surface area (Å²) in [5.74, 6) is 0. The number of nitrogens with zero attached hydrogens (tertiary/aromatic N) is 3. The van der Waals surface area contributed by atoms with Crippen LogP contribution in [0.2, 0.25) is 0 Å². The van der Waals surface area contributed by atoms with Gasteiger partial charge in [0.05, 0.1) is 5.69 Å². The Balaban J connectivity index is 2.57. The summed E-state index contributed by atoms with van der Waals surface area (Å²) in [7, 11) is 1.91. The van der Waals surface area contributed by atoms with Crippen LogP contribution in [0.5, 0.6) is 0 Å². The molecular formula is C12H24N4. The first kappa shape index (κ1) is 13.2. The second kappa shape index (κ2) is 5.43. The summed E-state index contributed by atoms with van der Waals surface area (Å²) >= 11 is 0. The van der Waals surface area contributed by atoms with Gasteiger partial charge in [-0.1, -0.05) is 32.9 Å². The summed E-state index contributed by atoms with van der Waals surface area (Å²) in [6, 6.07) is 0.488. The molecule has 0 amide bonds. The minimum absolute atomic E-state index is 0.342. The van der Waals surface area contributed by atoms with Crippen LogP contribution in [0.3, 0.4) is 0 Å². The maximum absolute atomic E-state index is 4.14. The molecule has 0 radical (unpaired) electrons. The highest BCUT2D eigenvalue weighted by atomic mass is 15.4.